The molecule has 4 heteroatoms. The fourth-order valence-electron chi connectivity index (χ4n) is 2.96. The Labute approximate surface area is 156 Å². The van der Waals surface area contributed by atoms with Crippen molar-refractivity contribution in [2.45, 2.75) is 103 Å². The molecule has 24 heavy (non-hydrogen) atoms. The molecule has 0 aliphatic carbocycles. The van der Waals surface area contributed by atoms with Crippen LogP contribution in [0.15, 0.2) is 10.6 Å². The second kappa shape index (κ2) is 14.0. The summed E-state index contributed by atoms with van der Waals surface area (Å²) in [6, 6.07) is 0. The molecule has 1 aliphatic rings. The first-order valence-corrected chi connectivity index (χ1v) is 10.7. The lowest BCUT2D eigenvalue weighted by Gasteiger charge is -2.26. The van der Waals surface area contributed by atoms with Crippen molar-refractivity contribution in [2.75, 3.05) is 6.61 Å². The Hall–Kier alpha value is -0.190. The van der Waals surface area contributed by atoms with E-state index in [1.54, 1.807) is 6.08 Å². The fourth-order valence-corrected chi connectivity index (χ4v) is 3.43. The van der Waals surface area contributed by atoms with Crippen LogP contribution in [0, 0.1) is 0 Å². The lowest BCUT2D eigenvalue weighted by Crippen LogP contribution is -2.35. The van der Waals surface area contributed by atoms with Crippen LogP contribution in [0.25, 0.3) is 0 Å². The Morgan fingerprint density at radius 3 is 2.12 bits per heavy atom. The molecular weight excluding hydrogens is 368 g/mol. The maximum Gasteiger partial charge on any atom is 0.198 e. The number of hydrogen-bond acceptors (Lipinski definition) is 3. The van der Waals surface area contributed by atoms with Gasteiger partial charge in [-0.15, -0.1) is 0 Å². The van der Waals surface area contributed by atoms with E-state index in [0.717, 1.165) is 19.3 Å². The van der Waals surface area contributed by atoms with E-state index in [4.69, 9.17) is 9.47 Å². The average molecular weight is 403 g/mol. The molecule has 0 aromatic rings. The molecule has 1 rings (SSSR count). The average Bonchev–Trinajstić information content (AvgIpc) is 2.57. The van der Waals surface area contributed by atoms with Gasteiger partial charge in [-0.2, -0.15) is 0 Å². The van der Waals surface area contributed by atoms with Crippen LogP contribution in [0.5, 0.6) is 0 Å². The monoisotopic (exact) mass is 402 g/mol. The smallest absolute Gasteiger partial charge is 0.198 e. The number of rotatable bonds is 14. The molecule has 1 heterocycles. The van der Waals surface area contributed by atoms with Crippen LogP contribution in [-0.4, -0.2) is 24.8 Å². The molecule has 0 saturated heterocycles. The van der Waals surface area contributed by atoms with Crippen molar-refractivity contribution < 1.29 is 14.3 Å². The largest absolute Gasteiger partial charge is 0.349 e. The maximum atomic E-state index is 11.9. The predicted molar refractivity (Wildman–Crippen MR) is 103 cm³/mol. The van der Waals surface area contributed by atoms with Crippen molar-refractivity contribution in [3.05, 3.63) is 10.6 Å². The number of Topliss-reactive ketones (excluding diaryl/α,β-unsaturated/α-hetero) is 1. The molecule has 0 radical (unpaired) electrons. The van der Waals surface area contributed by atoms with Crippen LogP contribution in [0.4, 0.5) is 0 Å². The van der Waals surface area contributed by atoms with Crippen LogP contribution in [0.1, 0.15) is 90.9 Å². The summed E-state index contributed by atoms with van der Waals surface area (Å²) in [5, 5.41) is 0. The van der Waals surface area contributed by atoms with Crippen LogP contribution >= 0.6 is 15.9 Å². The molecule has 2 unspecified atom stereocenters. The molecule has 0 spiro atoms. The minimum Gasteiger partial charge on any atom is -0.349 e. The van der Waals surface area contributed by atoms with Crippen molar-refractivity contribution in [2.24, 2.45) is 0 Å². The number of carbonyl (C=O) groups excluding carboxylic acids is 1. The van der Waals surface area contributed by atoms with Crippen molar-refractivity contribution in [1.82, 2.24) is 0 Å². The topological polar surface area (TPSA) is 35.5 Å². The molecule has 0 aromatic carbocycles. The summed E-state index contributed by atoms with van der Waals surface area (Å²) in [7, 11) is 0. The number of carbonyl (C=O) groups is 1. The van der Waals surface area contributed by atoms with Crippen molar-refractivity contribution in [3.8, 4) is 0 Å². The Bertz CT molecular complexity index is 368. The highest BCUT2D eigenvalue weighted by atomic mass is 79.9. The number of unbranched alkanes of at least 4 members (excludes halogenated alkanes) is 9. The molecule has 2 atom stereocenters. The Balaban J connectivity index is 2.02. The van der Waals surface area contributed by atoms with Crippen molar-refractivity contribution >= 4 is 21.7 Å². The summed E-state index contributed by atoms with van der Waals surface area (Å²) in [5.41, 5.74) is 0. The number of ketones is 1. The number of ether oxygens (including phenoxy) is 2. The highest BCUT2D eigenvalue weighted by molar-refractivity contribution is 9.12. The van der Waals surface area contributed by atoms with Gasteiger partial charge in [-0.25, -0.2) is 0 Å². The van der Waals surface area contributed by atoms with Gasteiger partial charge in [0.2, 0.25) is 0 Å². The second-order valence-corrected chi connectivity index (χ2v) is 7.57. The molecule has 0 aromatic heterocycles. The van der Waals surface area contributed by atoms with Crippen LogP contribution in [0.3, 0.4) is 0 Å². The summed E-state index contributed by atoms with van der Waals surface area (Å²) in [6.07, 6.45) is 15.8. The van der Waals surface area contributed by atoms with Crippen LogP contribution in [-0.2, 0) is 14.3 Å². The van der Waals surface area contributed by atoms with E-state index in [2.05, 4.69) is 29.8 Å². The van der Waals surface area contributed by atoms with Crippen molar-refractivity contribution in [1.29, 1.82) is 0 Å². The standard InChI is InChI=1S/C20H35BrO3/c1-3-5-6-7-8-9-10-11-12-13-15-23-19-16-17(21)20(22)18(24-19)14-4-2/h16,18-19H,3-15H2,1-2H3. The minimum atomic E-state index is -0.382. The SMILES string of the molecule is CCCCCCCCCCCCOC1C=C(Br)C(=O)C(CCC)O1. The van der Waals surface area contributed by atoms with Crippen LogP contribution < -0.4 is 0 Å². The Morgan fingerprint density at radius 1 is 0.958 bits per heavy atom. The van der Waals surface area contributed by atoms with E-state index in [9.17, 15) is 4.79 Å². The van der Waals surface area contributed by atoms with Gasteiger partial charge in [-0.3, -0.25) is 4.79 Å². The van der Waals surface area contributed by atoms with E-state index in [-0.39, 0.29) is 18.2 Å². The highest BCUT2D eigenvalue weighted by Crippen LogP contribution is 2.24. The summed E-state index contributed by atoms with van der Waals surface area (Å²) < 4.78 is 12.1. The minimum absolute atomic E-state index is 0.0376. The van der Waals surface area contributed by atoms with Gasteiger partial charge in [-0.1, -0.05) is 78.1 Å². The Morgan fingerprint density at radius 2 is 1.54 bits per heavy atom. The lowest BCUT2D eigenvalue weighted by molar-refractivity contribution is -0.164. The summed E-state index contributed by atoms with van der Waals surface area (Å²) in [5.74, 6) is 0.0376. The first kappa shape index (κ1) is 21.9. The molecule has 140 valence electrons. The summed E-state index contributed by atoms with van der Waals surface area (Å²) in [6.45, 7) is 5.02. The zero-order chi connectivity index (χ0) is 17.6. The van der Waals surface area contributed by atoms with E-state index in [1.807, 2.05) is 0 Å². The fraction of sp³-hybridized carbons (Fsp3) is 0.850. The molecule has 0 fully saturated rings. The summed E-state index contributed by atoms with van der Waals surface area (Å²) in [4.78, 5) is 11.9. The van der Waals surface area contributed by atoms with E-state index in [0.29, 0.717) is 11.1 Å². The first-order chi connectivity index (χ1) is 11.7. The van der Waals surface area contributed by atoms with Gasteiger partial charge in [0.15, 0.2) is 12.1 Å². The molecule has 0 N–H and O–H groups in total. The third kappa shape index (κ3) is 9.33. The molecule has 0 saturated carbocycles. The zero-order valence-electron chi connectivity index (χ0n) is 15.5. The third-order valence-corrected chi connectivity index (χ3v) is 5.09. The lowest BCUT2D eigenvalue weighted by atomic mass is 10.1. The number of halogens is 1. The van der Waals surface area contributed by atoms with Gasteiger partial charge in [0.05, 0.1) is 11.1 Å². The Kier molecular flexibility index (Phi) is 12.8. The van der Waals surface area contributed by atoms with E-state index in [1.165, 1.54) is 57.8 Å². The van der Waals surface area contributed by atoms with E-state index < -0.39 is 0 Å². The quantitative estimate of drug-likeness (QED) is 0.320. The van der Waals surface area contributed by atoms with Crippen molar-refractivity contribution in [3.63, 3.8) is 0 Å². The number of hydrogen-bond donors (Lipinski definition) is 0. The van der Waals surface area contributed by atoms with E-state index >= 15 is 0 Å². The van der Waals surface area contributed by atoms with Gasteiger partial charge >= 0.3 is 0 Å². The maximum absolute atomic E-state index is 11.9. The summed E-state index contributed by atoms with van der Waals surface area (Å²) >= 11 is 3.33. The van der Waals surface area contributed by atoms with Gasteiger partial charge in [0, 0.05) is 0 Å². The van der Waals surface area contributed by atoms with Gasteiger partial charge < -0.3 is 9.47 Å². The van der Waals surface area contributed by atoms with Gasteiger partial charge in [-0.05, 0) is 34.8 Å². The first-order valence-electron chi connectivity index (χ1n) is 9.87. The molecule has 3 nitrogen and oxygen atoms in total. The third-order valence-electron chi connectivity index (χ3n) is 4.44. The van der Waals surface area contributed by atoms with Gasteiger partial charge in [0.25, 0.3) is 0 Å². The normalized spacial score (nSPS) is 21.1. The van der Waals surface area contributed by atoms with Crippen LogP contribution in [0.2, 0.25) is 0 Å². The predicted octanol–water partition coefficient (Wildman–Crippen LogP) is 6.30. The second-order valence-electron chi connectivity index (χ2n) is 6.71. The molecule has 1 aliphatic heterocycles. The molecular formula is C20H35BrO3. The zero-order valence-corrected chi connectivity index (χ0v) is 17.1. The highest BCUT2D eigenvalue weighted by Gasteiger charge is 2.29. The molecule has 0 bridgehead atoms. The van der Waals surface area contributed by atoms with Gasteiger partial charge in [0.1, 0.15) is 6.10 Å². The molecule has 0 amide bonds.